The number of aromatic nitrogens is 2. The Morgan fingerprint density at radius 3 is 2.71 bits per heavy atom. The molecule has 2 heterocycles. The van der Waals surface area contributed by atoms with Crippen molar-refractivity contribution >= 4 is 40.3 Å². The van der Waals surface area contributed by atoms with Gasteiger partial charge >= 0.3 is 0 Å². The third kappa shape index (κ3) is 3.10. The van der Waals surface area contributed by atoms with Gasteiger partial charge in [-0.15, -0.1) is 12.4 Å². The second-order valence-corrected chi connectivity index (χ2v) is 5.50. The summed E-state index contributed by atoms with van der Waals surface area (Å²) in [5, 5.41) is 4.42. The summed E-state index contributed by atoms with van der Waals surface area (Å²) in [7, 11) is 0. The highest BCUT2D eigenvalue weighted by Crippen LogP contribution is 2.30. The van der Waals surface area contributed by atoms with Crippen LogP contribution >= 0.6 is 12.4 Å². The fourth-order valence-electron chi connectivity index (χ4n) is 2.30. The molecule has 3 aromatic rings. The molecule has 0 amide bonds. The Kier molecular flexibility index (Phi) is 4.68. The van der Waals surface area contributed by atoms with E-state index in [0.717, 1.165) is 46.7 Å². The van der Waals surface area contributed by atoms with E-state index in [1.807, 2.05) is 31.2 Å². The Hall–Kier alpha value is -1.81. The number of furan rings is 1. The molecule has 3 rings (SSSR count). The van der Waals surface area contributed by atoms with E-state index in [4.69, 9.17) is 4.42 Å². The molecule has 0 atom stereocenters. The molecule has 0 radical (unpaired) electrons. The molecular formula is C16H20ClN3O. The molecule has 0 fully saturated rings. The van der Waals surface area contributed by atoms with Crippen molar-refractivity contribution in [1.29, 1.82) is 0 Å². The first-order valence-corrected chi connectivity index (χ1v) is 7.05. The zero-order valence-corrected chi connectivity index (χ0v) is 13.3. The van der Waals surface area contributed by atoms with E-state index in [0.29, 0.717) is 5.92 Å². The van der Waals surface area contributed by atoms with Crippen molar-refractivity contribution in [2.24, 2.45) is 5.92 Å². The molecule has 0 spiro atoms. The first-order valence-electron chi connectivity index (χ1n) is 7.05. The topological polar surface area (TPSA) is 51.0 Å². The smallest absolute Gasteiger partial charge is 0.196 e. The molecule has 1 aromatic carbocycles. The van der Waals surface area contributed by atoms with E-state index in [9.17, 15) is 0 Å². The number of nitrogens with zero attached hydrogens (tertiary/aromatic N) is 2. The van der Waals surface area contributed by atoms with Crippen LogP contribution in [0.2, 0.25) is 0 Å². The normalized spacial score (nSPS) is 11.0. The van der Waals surface area contributed by atoms with Crippen LogP contribution in [0, 0.1) is 12.8 Å². The number of aryl methyl sites for hydroxylation is 1. The molecule has 0 aliphatic heterocycles. The summed E-state index contributed by atoms with van der Waals surface area (Å²) >= 11 is 0. The van der Waals surface area contributed by atoms with Crippen molar-refractivity contribution in [3.8, 4) is 0 Å². The predicted molar refractivity (Wildman–Crippen MR) is 89.2 cm³/mol. The van der Waals surface area contributed by atoms with Gasteiger partial charge < -0.3 is 9.73 Å². The van der Waals surface area contributed by atoms with Gasteiger partial charge in [-0.05, 0) is 31.4 Å². The summed E-state index contributed by atoms with van der Waals surface area (Å²) in [4.78, 5) is 9.00. The molecule has 5 heteroatoms. The Morgan fingerprint density at radius 2 is 1.95 bits per heavy atom. The second kappa shape index (κ2) is 6.31. The van der Waals surface area contributed by atoms with E-state index >= 15 is 0 Å². The number of para-hydroxylation sites is 1. The number of rotatable bonds is 4. The van der Waals surface area contributed by atoms with Gasteiger partial charge in [0.15, 0.2) is 11.4 Å². The van der Waals surface area contributed by atoms with Gasteiger partial charge in [-0.3, -0.25) is 0 Å². The van der Waals surface area contributed by atoms with Gasteiger partial charge in [0, 0.05) is 11.9 Å². The van der Waals surface area contributed by atoms with Crippen LogP contribution in [0.5, 0.6) is 0 Å². The average molecular weight is 306 g/mol. The highest BCUT2D eigenvalue weighted by atomic mass is 35.5. The van der Waals surface area contributed by atoms with Gasteiger partial charge in [-0.1, -0.05) is 26.0 Å². The van der Waals surface area contributed by atoms with Crippen LogP contribution in [-0.2, 0) is 0 Å². The molecule has 0 aliphatic carbocycles. The quantitative estimate of drug-likeness (QED) is 0.767. The maximum atomic E-state index is 5.91. The Bertz CT molecular complexity index is 752. The lowest BCUT2D eigenvalue weighted by atomic mass is 10.1. The largest absolute Gasteiger partial charge is 0.450 e. The lowest BCUT2D eigenvalue weighted by Gasteiger charge is -2.08. The molecular weight excluding hydrogens is 286 g/mol. The van der Waals surface area contributed by atoms with Crippen molar-refractivity contribution in [2.75, 3.05) is 11.9 Å². The van der Waals surface area contributed by atoms with Crippen LogP contribution in [0.4, 0.5) is 5.82 Å². The number of benzene rings is 1. The fraction of sp³-hybridized carbons (Fsp3) is 0.375. The van der Waals surface area contributed by atoms with Crippen LogP contribution < -0.4 is 5.32 Å². The van der Waals surface area contributed by atoms with Crippen molar-refractivity contribution < 1.29 is 4.42 Å². The maximum Gasteiger partial charge on any atom is 0.196 e. The molecule has 1 N–H and O–H groups in total. The molecule has 21 heavy (non-hydrogen) atoms. The number of hydrogen-bond acceptors (Lipinski definition) is 4. The van der Waals surface area contributed by atoms with Crippen LogP contribution in [-0.4, -0.2) is 16.5 Å². The van der Waals surface area contributed by atoms with Crippen LogP contribution in [0.3, 0.4) is 0 Å². The van der Waals surface area contributed by atoms with Crippen LogP contribution in [0.1, 0.15) is 26.1 Å². The number of halogens is 1. The third-order valence-electron chi connectivity index (χ3n) is 3.35. The van der Waals surface area contributed by atoms with Gasteiger partial charge in [-0.2, -0.15) is 0 Å². The number of hydrogen-bond donors (Lipinski definition) is 1. The average Bonchev–Trinajstić information content (AvgIpc) is 2.77. The van der Waals surface area contributed by atoms with Gasteiger partial charge in [0.1, 0.15) is 16.9 Å². The first-order chi connectivity index (χ1) is 9.65. The summed E-state index contributed by atoms with van der Waals surface area (Å²) < 4.78 is 5.91. The lowest BCUT2D eigenvalue weighted by molar-refractivity contribution is 0.605. The van der Waals surface area contributed by atoms with Crippen molar-refractivity contribution in [3.05, 3.63) is 30.1 Å². The Balaban J connectivity index is 0.00000161. The van der Waals surface area contributed by atoms with E-state index in [1.54, 1.807) is 0 Å². The highest BCUT2D eigenvalue weighted by Gasteiger charge is 2.13. The number of anilines is 1. The molecule has 4 nitrogen and oxygen atoms in total. The van der Waals surface area contributed by atoms with Crippen molar-refractivity contribution in [1.82, 2.24) is 9.97 Å². The molecule has 0 aliphatic rings. The number of fused-ring (bicyclic) bond motifs is 3. The molecule has 2 aromatic heterocycles. The maximum absolute atomic E-state index is 5.91. The minimum absolute atomic E-state index is 0. The second-order valence-electron chi connectivity index (χ2n) is 5.50. The predicted octanol–water partition coefficient (Wildman–Crippen LogP) is 4.56. The zero-order valence-electron chi connectivity index (χ0n) is 12.5. The molecule has 0 saturated heterocycles. The van der Waals surface area contributed by atoms with Gasteiger partial charge in [-0.25, -0.2) is 9.97 Å². The van der Waals surface area contributed by atoms with E-state index < -0.39 is 0 Å². The number of nitrogens with one attached hydrogen (secondary N) is 1. The highest BCUT2D eigenvalue weighted by molar-refractivity contribution is 6.05. The minimum atomic E-state index is 0. The van der Waals surface area contributed by atoms with Gasteiger partial charge in [0.25, 0.3) is 0 Å². The van der Waals surface area contributed by atoms with E-state index in [2.05, 4.69) is 29.1 Å². The SMILES string of the molecule is Cc1nc(NCCC(C)C)c2oc3ccccc3c2n1.Cl. The van der Waals surface area contributed by atoms with Crippen LogP contribution in [0.15, 0.2) is 28.7 Å². The third-order valence-corrected chi connectivity index (χ3v) is 3.35. The molecule has 112 valence electrons. The summed E-state index contributed by atoms with van der Waals surface area (Å²) in [5.41, 5.74) is 2.50. The molecule has 0 unspecified atom stereocenters. The molecule has 0 saturated carbocycles. The van der Waals surface area contributed by atoms with Gasteiger partial charge in [0.05, 0.1) is 0 Å². The lowest BCUT2D eigenvalue weighted by Crippen LogP contribution is -2.07. The van der Waals surface area contributed by atoms with E-state index in [-0.39, 0.29) is 12.4 Å². The first kappa shape index (κ1) is 15.6. The standard InChI is InChI=1S/C16H19N3O.ClH/c1-10(2)8-9-17-16-15-14(18-11(3)19-16)12-6-4-5-7-13(12)20-15;/h4-7,10H,8-9H2,1-3H3,(H,17,18,19);1H. The Morgan fingerprint density at radius 1 is 1.19 bits per heavy atom. The van der Waals surface area contributed by atoms with Gasteiger partial charge in [0.2, 0.25) is 0 Å². The molecule has 0 bridgehead atoms. The summed E-state index contributed by atoms with van der Waals surface area (Å²) in [6, 6.07) is 7.97. The summed E-state index contributed by atoms with van der Waals surface area (Å²) in [6.45, 7) is 7.22. The Labute approximate surface area is 130 Å². The summed E-state index contributed by atoms with van der Waals surface area (Å²) in [5.74, 6) is 2.22. The fourth-order valence-corrected chi connectivity index (χ4v) is 2.30. The van der Waals surface area contributed by atoms with Crippen molar-refractivity contribution in [2.45, 2.75) is 27.2 Å². The zero-order chi connectivity index (χ0) is 14.1. The minimum Gasteiger partial charge on any atom is -0.450 e. The van der Waals surface area contributed by atoms with E-state index in [1.165, 1.54) is 0 Å². The monoisotopic (exact) mass is 305 g/mol. The summed E-state index contributed by atoms with van der Waals surface area (Å²) in [6.07, 6.45) is 1.10. The van der Waals surface area contributed by atoms with Crippen molar-refractivity contribution in [3.63, 3.8) is 0 Å². The van der Waals surface area contributed by atoms with Crippen LogP contribution in [0.25, 0.3) is 22.1 Å².